The number of carboxylic acids is 1. The first-order valence-corrected chi connectivity index (χ1v) is 8.03. The maximum absolute atomic E-state index is 11.8. The van der Waals surface area contributed by atoms with Crippen LogP contribution in [0, 0.1) is 5.92 Å². The molecular weight excluding hydrogens is 338 g/mol. The minimum Gasteiger partial charge on any atom is -0.504 e. The molecule has 0 aliphatic carbocycles. The Labute approximate surface area is 151 Å². The first kappa shape index (κ1) is 19.1. The molecule has 26 heavy (non-hydrogen) atoms. The lowest BCUT2D eigenvalue weighted by molar-refractivity contribution is -0.141. The minimum absolute atomic E-state index is 0.0654. The zero-order valence-electron chi connectivity index (χ0n) is 14.3. The second kappa shape index (κ2) is 9.31. The summed E-state index contributed by atoms with van der Waals surface area (Å²) in [5, 5.41) is 21.6. The van der Waals surface area contributed by atoms with Gasteiger partial charge in [-0.15, -0.1) is 0 Å². The van der Waals surface area contributed by atoms with E-state index in [1.807, 2.05) is 30.3 Å². The molecule has 138 valence electrons. The van der Waals surface area contributed by atoms with Crippen LogP contribution >= 0.6 is 0 Å². The largest absolute Gasteiger partial charge is 0.504 e. The zero-order valence-corrected chi connectivity index (χ0v) is 14.3. The molecule has 0 heterocycles. The van der Waals surface area contributed by atoms with Crippen LogP contribution in [0.2, 0.25) is 0 Å². The van der Waals surface area contributed by atoms with Crippen molar-refractivity contribution < 1.29 is 29.3 Å². The van der Waals surface area contributed by atoms with Gasteiger partial charge >= 0.3 is 12.1 Å². The molecule has 1 unspecified atom stereocenters. The van der Waals surface area contributed by atoms with Crippen LogP contribution in [-0.2, 0) is 22.6 Å². The predicted molar refractivity (Wildman–Crippen MR) is 94.1 cm³/mol. The quantitative estimate of drug-likeness (QED) is 0.669. The molecule has 3 N–H and O–H groups in total. The Morgan fingerprint density at radius 2 is 1.85 bits per heavy atom. The number of ether oxygens (including phenoxy) is 2. The van der Waals surface area contributed by atoms with Crippen molar-refractivity contribution in [2.24, 2.45) is 5.92 Å². The summed E-state index contributed by atoms with van der Waals surface area (Å²) < 4.78 is 10.0. The monoisotopic (exact) mass is 359 g/mol. The van der Waals surface area contributed by atoms with Crippen LogP contribution in [0.15, 0.2) is 48.5 Å². The highest BCUT2D eigenvalue weighted by atomic mass is 16.5. The van der Waals surface area contributed by atoms with Gasteiger partial charge in [0.2, 0.25) is 0 Å². The van der Waals surface area contributed by atoms with E-state index in [0.717, 1.165) is 5.56 Å². The van der Waals surface area contributed by atoms with Crippen molar-refractivity contribution in [1.82, 2.24) is 5.32 Å². The van der Waals surface area contributed by atoms with Gasteiger partial charge in [0.15, 0.2) is 11.5 Å². The maximum atomic E-state index is 11.8. The van der Waals surface area contributed by atoms with E-state index >= 15 is 0 Å². The van der Waals surface area contributed by atoms with Gasteiger partial charge in [0.25, 0.3) is 0 Å². The Hall–Kier alpha value is -3.22. The van der Waals surface area contributed by atoms with Gasteiger partial charge in [0, 0.05) is 6.54 Å². The minimum atomic E-state index is -1.05. The van der Waals surface area contributed by atoms with E-state index in [1.165, 1.54) is 13.2 Å². The summed E-state index contributed by atoms with van der Waals surface area (Å²) in [7, 11) is 1.43. The van der Waals surface area contributed by atoms with Gasteiger partial charge in [-0.2, -0.15) is 0 Å². The van der Waals surface area contributed by atoms with Gasteiger partial charge in [-0.25, -0.2) is 4.79 Å². The van der Waals surface area contributed by atoms with E-state index < -0.39 is 18.0 Å². The molecule has 7 heteroatoms. The van der Waals surface area contributed by atoms with Crippen LogP contribution in [0.5, 0.6) is 11.5 Å². The number of aromatic hydroxyl groups is 1. The van der Waals surface area contributed by atoms with E-state index in [4.69, 9.17) is 9.47 Å². The van der Waals surface area contributed by atoms with Crippen LogP contribution in [-0.4, -0.2) is 35.9 Å². The van der Waals surface area contributed by atoms with Crippen LogP contribution in [0.25, 0.3) is 0 Å². The zero-order chi connectivity index (χ0) is 18.9. The molecule has 0 saturated carbocycles. The van der Waals surface area contributed by atoms with Crippen LogP contribution in [0.3, 0.4) is 0 Å². The fourth-order valence-electron chi connectivity index (χ4n) is 2.37. The van der Waals surface area contributed by atoms with Gasteiger partial charge in [-0.1, -0.05) is 36.4 Å². The molecule has 2 aromatic rings. The van der Waals surface area contributed by atoms with Crippen LogP contribution in [0.4, 0.5) is 4.79 Å². The molecule has 1 amide bonds. The normalized spacial score (nSPS) is 11.4. The third-order valence-corrected chi connectivity index (χ3v) is 3.78. The van der Waals surface area contributed by atoms with Crippen molar-refractivity contribution >= 4 is 12.1 Å². The lowest BCUT2D eigenvalue weighted by Gasteiger charge is -2.14. The molecule has 0 fully saturated rings. The first-order valence-electron chi connectivity index (χ1n) is 8.03. The number of hydrogen-bond acceptors (Lipinski definition) is 5. The number of methoxy groups -OCH3 is 1. The first-order chi connectivity index (χ1) is 12.5. The molecule has 7 nitrogen and oxygen atoms in total. The number of carbonyl (C=O) groups excluding carboxylic acids is 1. The van der Waals surface area contributed by atoms with E-state index in [-0.39, 0.29) is 25.3 Å². The van der Waals surface area contributed by atoms with Crippen molar-refractivity contribution in [2.45, 2.75) is 13.0 Å². The Morgan fingerprint density at radius 1 is 1.12 bits per heavy atom. The highest BCUT2D eigenvalue weighted by Crippen LogP contribution is 2.27. The number of phenols is 1. The van der Waals surface area contributed by atoms with Crippen molar-refractivity contribution in [1.29, 1.82) is 0 Å². The number of amides is 1. The Morgan fingerprint density at radius 3 is 2.46 bits per heavy atom. The fourth-order valence-corrected chi connectivity index (χ4v) is 2.37. The number of aliphatic carboxylic acids is 1. The molecule has 2 aromatic carbocycles. The molecular formula is C19H21NO6. The van der Waals surface area contributed by atoms with Crippen molar-refractivity contribution in [2.75, 3.05) is 13.7 Å². The average Bonchev–Trinajstić information content (AvgIpc) is 2.64. The lowest BCUT2D eigenvalue weighted by Crippen LogP contribution is -2.34. The van der Waals surface area contributed by atoms with E-state index in [2.05, 4.69) is 5.32 Å². The van der Waals surface area contributed by atoms with E-state index in [9.17, 15) is 19.8 Å². The smallest absolute Gasteiger partial charge is 0.407 e. The summed E-state index contributed by atoms with van der Waals surface area (Å²) in [5.41, 5.74) is 1.46. The number of hydrogen-bond donors (Lipinski definition) is 3. The van der Waals surface area contributed by atoms with Crippen molar-refractivity contribution in [3.8, 4) is 11.5 Å². The van der Waals surface area contributed by atoms with Crippen molar-refractivity contribution in [3.05, 3.63) is 59.7 Å². The predicted octanol–water partition coefficient (Wildman–Crippen LogP) is 2.57. The molecule has 0 aliphatic heterocycles. The molecule has 0 spiro atoms. The number of benzene rings is 2. The number of carboxylic acid groups (broad SMARTS) is 1. The van der Waals surface area contributed by atoms with Crippen LogP contribution < -0.4 is 10.1 Å². The summed E-state index contributed by atoms with van der Waals surface area (Å²) in [4.78, 5) is 23.2. The summed E-state index contributed by atoms with van der Waals surface area (Å²) in [6.45, 7) is 0.0203. The second-order valence-electron chi connectivity index (χ2n) is 5.69. The summed E-state index contributed by atoms with van der Waals surface area (Å²) >= 11 is 0. The molecule has 0 radical (unpaired) electrons. The van der Waals surface area contributed by atoms with Crippen molar-refractivity contribution in [3.63, 3.8) is 0 Å². The number of nitrogens with one attached hydrogen (secondary N) is 1. The summed E-state index contributed by atoms with van der Waals surface area (Å²) in [5.74, 6) is -1.66. The summed E-state index contributed by atoms with van der Waals surface area (Å²) in [6.07, 6.45) is -0.538. The topological polar surface area (TPSA) is 105 Å². The van der Waals surface area contributed by atoms with Gasteiger partial charge in [-0.3, -0.25) is 4.79 Å². The number of phenolic OH excluding ortho intramolecular Hbond substituents is 1. The number of rotatable bonds is 8. The third kappa shape index (κ3) is 5.70. The molecule has 0 aliphatic rings. The Balaban J connectivity index is 1.86. The second-order valence-corrected chi connectivity index (χ2v) is 5.69. The SMILES string of the molecule is COc1ccc(CC(CNC(=O)OCc2ccccc2)C(=O)O)cc1O. The highest BCUT2D eigenvalue weighted by molar-refractivity contribution is 5.73. The molecule has 0 saturated heterocycles. The van der Waals surface area contributed by atoms with Crippen LogP contribution in [0.1, 0.15) is 11.1 Å². The summed E-state index contributed by atoms with van der Waals surface area (Å²) in [6, 6.07) is 13.9. The van der Waals surface area contributed by atoms with Gasteiger partial charge in [0.05, 0.1) is 13.0 Å². The number of alkyl carbamates (subject to hydrolysis) is 1. The molecule has 1 atom stereocenters. The maximum Gasteiger partial charge on any atom is 0.407 e. The average molecular weight is 359 g/mol. The molecule has 2 rings (SSSR count). The molecule has 0 bridgehead atoms. The van der Waals surface area contributed by atoms with Gasteiger partial charge in [-0.05, 0) is 29.7 Å². The van der Waals surface area contributed by atoms with Gasteiger partial charge in [0.1, 0.15) is 6.61 Å². The number of carbonyl (C=O) groups is 2. The Bertz CT molecular complexity index is 747. The van der Waals surface area contributed by atoms with Gasteiger partial charge < -0.3 is 25.0 Å². The standard InChI is InChI=1S/C19H21NO6/c1-25-17-8-7-14(10-16(17)21)9-15(18(22)23)11-20-19(24)26-12-13-5-3-2-4-6-13/h2-8,10,15,21H,9,11-12H2,1H3,(H,20,24)(H,22,23). The van der Waals surface area contributed by atoms with E-state index in [1.54, 1.807) is 12.1 Å². The Kier molecular flexibility index (Phi) is 6.84. The molecule has 0 aromatic heterocycles. The third-order valence-electron chi connectivity index (χ3n) is 3.78. The van der Waals surface area contributed by atoms with E-state index in [0.29, 0.717) is 11.3 Å². The fraction of sp³-hybridized carbons (Fsp3) is 0.263. The lowest BCUT2D eigenvalue weighted by atomic mass is 9.99. The highest BCUT2D eigenvalue weighted by Gasteiger charge is 2.20.